The summed E-state index contributed by atoms with van der Waals surface area (Å²) in [6.07, 6.45) is 1.59. The van der Waals surface area contributed by atoms with Gasteiger partial charge in [0.05, 0.1) is 20.0 Å². The van der Waals surface area contributed by atoms with E-state index in [9.17, 15) is 28.9 Å². The topological polar surface area (TPSA) is 96.2 Å². The third-order valence-corrected chi connectivity index (χ3v) is 4.27. The molecule has 6 nitrogen and oxygen atoms in total. The number of aliphatic hydroxyl groups excluding tert-OH is 1. The van der Waals surface area contributed by atoms with Gasteiger partial charge in [-0.25, -0.2) is 8.78 Å². The van der Waals surface area contributed by atoms with E-state index in [-0.39, 0.29) is 48.7 Å². The average molecular weight is 408 g/mol. The van der Waals surface area contributed by atoms with Crippen LogP contribution in [-0.4, -0.2) is 35.3 Å². The number of allylic oxidation sites excluding steroid dienone is 2. The highest BCUT2D eigenvalue weighted by atomic mass is 19.1. The van der Waals surface area contributed by atoms with Gasteiger partial charge in [-0.15, -0.1) is 0 Å². The predicted octanol–water partition coefficient (Wildman–Crippen LogP) is 3.97. The zero-order valence-electron chi connectivity index (χ0n) is 16.0. The van der Waals surface area contributed by atoms with Crippen molar-refractivity contribution in [1.29, 1.82) is 0 Å². The Balaban J connectivity index is 1.94. The molecule has 0 unspecified atom stereocenters. The van der Waals surface area contributed by atoms with Crippen molar-refractivity contribution in [1.82, 2.24) is 0 Å². The molecule has 0 fully saturated rings. The van der Waals surface area contributed by atoms with Crippen molar-refractivity contribution >= 4 is 5.78 Å². The number of carbonyl (C=O) groups is 1. The summed E-state index contributed by atoms with van der Waals surface area (Å²) in [6, 6.07) is 5.11. The largest absolute Gasteiger partial charge is 0.512 e. The minimum absolute atomic E-state index is 0.0130. The Morgan fingerprint density at radius 2 is 1.34 bits per heavy atom. The number of rotatable bonds is 9. The minimum Gasteiger partial charge on any atom is -0.512 e. The molecule has 0 aromatic heterocycles. The molecule has 2 rings (SSSR count). The van der Waals surface area contributed by atoms with Gasteiger partial charge in [-0.05, 0) is 48.2 Å². The molecule has 156 valence electrons. The van der Waals surface area contributed by atoms with Gasteiger partial charge >= 0.3 is 0 Å². The number of aryl methyl sites for hydroxylation is 2. The van der Waals surface area contributed by atoms with Crippen LogP contribution in [0.15, 0.2) is 36.1 Å². The number of ketones is 1. The highest BCUT2D eigenvalue weighted by Crippen LogP contribution is 2.31. The van der Waals surface area contributed by atoms with Crippen LogP contribution in [0.3, 0.4) is 0 Å². The van der Waals surface area contributed by atoms with E-state index in [1.807, 2.05) is 0 Å². The normalized spacial score (nSPS) is 11.4. The molecule has 0 amide bonds. The first-order chi connectivity index (χ1) is 13.7. The fraction of sp³-hybridized carbons (Fsp3) is 0.286. The number of carbonyl (C=O) groups excluding carboxylic acids is 1. The van der Waals surface area contributed by atoms with Crippen LogP contribution in [0.2, 0.25) is 0 Å². The third kappa shape index (κ3) is 5.84. The van der Waals surface area contributed by atoms with Crippen molar-refractivity contribution < 1.29 is 38.4 Å². The molecule has 0 saturated heterocycles. The standard InChI is InChI=1S/C21H22F2O6/c1-28-18-9-12(7-16(22)20(18)26)3-5-14(24)11-15(25)6-4-13-8-17(23)21(27)19(10-13)29-2/h7-11,24,26-27H,3-6H2,1-2H3/b14-11-. The van der Waals surface area contributed by atoms with E-state index in [1.54, 1.807) is 0 Å². The van der Waals surface area contributed by atoms with Crippen molar-refractivity contribution in [3.05, 3.63) is 58.9 Å². The van der Waals surface area contributed by atoms with Crippen LogP contribution in [0.1, 0.15) is 24.0 Å². The van der Waals surface area contributed by atoms with Gasteiger partial charge in [0.1, 0.15) is 0 Å². The SMILES string of the molecule is COc1cc(CCC(=O)/C=C(\O)CCc2cc(F)c(O)c(OC)c2)cc(F)c1O. The summed E-state index contributed by atoms with van der Waals surface area (Å²) in [5, 5.41) is 28.9. The van der Waals surface area contributed by atoms with Crippen LogP contribution in [0.25, 0.3) is 0 Å². The molecule has 0 spiro atoms. The van der Waals surface area contributed by atoms with Crippen LogP contribution in [0.4, 0.5) is 8.78 Å². The lowest BCUT2D eigenvalue weighted by molar-refractivity contribution is -0.114. The summed E-state index contributed by atoms with van der Waals surface area (Å²) >= 11 is 0. The first-order valence-electron chi connectivity index (χ1n) is 8.78. The van der Waals surface area contributed by atoms with Crippen molar-refractivity contribution in [3.8, 4) is 23.0 Å². The number of hydrogen-bond donors (Lipinski definition) is 3. The first kappa shape index (κ1) is 22.0. The fourth-order valence-electron chi connectivity index (χ4n) is 2.72. The number of aliphatic hydroxyl groups is 1. The van der Waals surface area contributed by atoms with Gasteiger partial charge in [-0.1, -0.05) is 0 Å². The molecule has 0 heterocycles. The number of hydrogen-bond acceptors (Lipinski definition) is 6. The summed E-state index contributed by atoms with van der Waals surface area (Å²) in [7, 11) is 2.59. The molecular formula is C21H22F2O6. The zero-order chi connectivity index (χ0) is 21.6. The molecule has 0 aliphatic rings. The number of aromatic hydroxyl groups is 2. The monoisotopic (exact) mass is 408 g/mol. The molecule has 29 heavy (non-hydrogen) atoms. The number of benzene rings is 2. The Morgan fingerprint density at radius 3 is 1.79 bits per heavy atom. The number of phenols is 2. The number of ether oxygens (including phenoxy) is 2. The molecule has 2 aromatic carbocycles. The highest BCUT2D eigenvalue weighted by Gasteiger charge is 2.13. The maximum atomic E-state index is 13.6. The Kier molecular flexibility index (Phi) is 7.41. The minimum atomic E-state index is -0.846. The van der Waals surface area contributed by atoms with E-state index in [4.69, 9.17) is 9.47 Å². The number of phenolic OH excluding ortho intramolecular Hbond substituents is 2. The van der Waals surface area contributed by atoms with Crippen LogP contribution in [-0.2, 0) is 17.6 Å². The number of methoxy groups -OCH3 is 2. The summed E-state index contributed by atoms with van der Waals surface area (Å²) in [6.45, 7) is 0. The molecule has 3 N–H and O–H groups in total. The van der Waals surface area contributed by atoms with E-state index in [2.05, 4.69) is 0 Å². The highest BCUT2D eigenvalue weighted by molar-refractivity contribution is 5.90. The lowest BCUT2D eigenvalue weighted by Crippen LogP contribution is -2.00. The van der Waals surface area contributed by atoms with E-state index < -0.39 is 23.1 Å². The van der Waals surface area contributed by atoms with Crippen LogP contribution in [0, 0.1) is 11.6 Å². The maximum absolute atomic E-state index is 13.6. The molecule has 0 saturated carbocycles. The zero-order valence-corrected chi connectivity index (χ0v) is 16.0. The third-order valence-electron chi connectivity index (χ3n) is 4.27. The molecular weight excluding hydrogens is 386 g/mol. The molecule has 0 bridgehead atoms. The van der Waals surface area contributed by atoms with Gasteiger partial charge in [0.15, 0.2) is 40.4 Å². The van der Waals surface area contributed by atoms with Crippen LogP contribution >= 0.6 is 0 Å². The van der Waals surface area contributed by atoms with Gasteiger partial charge in [-0.3, -0.25) is 4.79 Å². The predicted molar refractivity (Wildman–Crippen MR) is 102 cm³/mol. The maximum Gasteiger partial charge on any atom is 0.194 e. The molecule has 0 aliphatic carbocycles. The fourth-order valence-corrected chi connectivity index (χ4v) is 2.72. The Labute approximate surface area is 166 Å². The molecule has 0 aliphatic heterocycles. The summed E-state index contributed by atoms with van der Waals surface area (Å²) < 4.78 is 37.0. The van der Waals surface area contributed by atoms with Gasteiger partial charge in [0.2, 0.25) is 0 Å². The smallest absolute Gasteiger partial charge is 0.194 e. The van der Waals surface area contributed by atoms with Crippen molar-refractivity contribution in [2.75, 3.05) is 14.2 Å². The van der Waals surface area contributed by atoms with Crippen LogP contribution in [0.5, 0.6) is 23.0 Å². The molecule has 0 radical (unpaired) electrons. The molecule has 8 heteroatoms. The van der Waals surface area contributed by atoms with Crippen molar-refractivity contribution in [2.45, 2.75) is 25.7 Å². The van der Waals surface area contributed by atoms with Crippen molar-refractivity contribution in [2.24, 2.45) is 0 Å². The summed E-state index contributed by atoms with van der Waals surface area (Å²) in [4.78, 5) is 12.0. The number of halogens is 2. The second kappa shape index (κ2) is 9.77. The van der Waals surface area contributed by atoms with Gasteiger partial charge in [-0.2, -0.15) is 0 Å². The van der Waals surface area contributed by atoms with Crippen LogP contribution < -0.4 is 9.47 Å². The van der Waals surface area contributed by atoms with Crippen molar-refractivity contribution in [3.63, 3.8) is 0 Å². The van der Waals surface area contributed by atoms with Gasteiger partial charge in [0.25, 0.3) is 0 Å². The Bertz CT molecular complexity index is 924. The van der Waals surface area contributed by atoms with E-state index in [0.717, 1.165) is 18.2 Å². The van der Waals surface area contributed by atoms with E-state index in [0.29, 0.717) is 11.1 Å². The summed E-state index contributed by atoms with van der Waals surface area (Å²) in [5.74, 6) is -3.46. The molecule has 0 atom stereocenters. The van der Waals surface area contributed by atoms with Gasteiger partial charge in [0, 0.05) is 18.9 Å². The second-order valence-corrected chi connectivity index (χ2v) is 6.36. The lowest BCUT2D eigenvalue weighted by Gasteiger charge is -2.08. The lowest BCUT2D eigenvalue weighted by atomic mass is 10.0. The quantitative estimate of drug-likeness (QED) is 0.429. The van der Waals surface area contributed by atoms with E-state index in [1.165, 1.54) is 26.4 Å². The Morgan fingerprint density at radius 1 is 0.897 bits per heavy atom. The Hall–Kier alpha value is -3.29. The average Bonchev–Trinajstić information content (AvgIpc) is 2.69. The first-order valence-corrected chi connectivity index (χ1v) is 8.78. The second-order valence-electron chi connectivity index (χ2n) is 6.36. The van der Waals surface area contributed by atoms with E-state index >= 15 is 0 Å². The van der Waals surface area contributed by atoms with Gasteiger partial charge < -0.3 is 24.8 Å². The molecule has 2 aromatic rings. The summed E-state index contributed by atoms with van der Waals surface area (Å²) in [5.41, 5.74) is 0.946.